The van der Waals surface area contributed by atoms with Gasteiger partial charge in [0, 0.05) is 19.6 Å². The number of hydrogen-bond acceptors (Lipinski definition) is 7. The number of aromatic nitrogens is 2. The van der Waals surface area contributed by atoms with E-state index in [-0.39, 0.29) is 16.4 Å². The molecule has 0 bridgehead atoms. The second-order valence-electron chi connectivity index (χ2n) is 7.16. The van der Waals surface area contributed by atoms with Crippen LogP contribution >= 0.6 is 11.8 Å². The third-order valence-electron chi connectivity index (χ3n) is 5.38. The summed E-state index contributed by atoms with van der Waals surface area (Å²) >= 11 is 1.31. The number of sulfonamides is 1. The number of methoxy groups -OCH3 is 2. The summed E-state index contributed by atoms with van der Waals surface area (Å²) in [6, 6.07) is 10.1. The zero-order chi connectivity index (χ0) is 24.2. The topological polar surface area (TPSA) is 90.7 Å². The van der Waals surface area contributed by atoms with E-state index in [1.807, 2.05) is 25.3 Å². The van der Waals surface area contributed by atoms with Gasteiger partial charge in [-0.2, -0.15) is 4.31 Å². The van der Waals surface area contributed by atoms with Crippen LogP contribution in [0.5, 0.6) is 11.5 Å². The zero-order valence-electron chi connectivity index (χ0n) is 19.5. The molecule has 0 spiro atoms. The molecule has 0 amide bonds. The molecule has 1 aromatic heterocycles. The van der Waals surface area contributed by atoms with Gasteiger partial charge in [0.05, 0.1) is 41.5 Å². The number of thioether (sulfide) groups is 1. The van der Waals surface area contributed by atoms with E-state index in [1.54, 1.807) is 43.5 Å². The summed E-state index contributed by atoms with van der Waals surface area (Å²) < 4.78 is 39.8. The molecule has 1 heterocycles. The van der Waals surface area contributed by atoms with E-state index in [9.17, 15) is 13.2 Å². The highest BCUT2D eigenvalue weighted by Crippen LogP contribution is 2.30. The molecule has 0 N–H and O–H groups in total. The summed E-state index contributed by atoms with van der Waals surface area (Å²) in [5, 5.41) is 0.653. The van der Waals surface area contributed by atoms with Crippen molar-refractivity contribution in [3.05, 3.63) is 42.0 Å². The predicted molar refractivity (Wildman–Crippen MR) is 130 cm³/mol. The van der Waals surface area contributed by atoms with E-state index in [1.165, 1.54) is 23.2 Å². The molecule has 0 atom stereocenters. The highest BCUT2D eigenvalue weighted by atomic mass is 32.2. The lowest BCUT2D eigenvalue weighted by Crippen LogP contribution is -2.30. The number of hydrogen-bond donors (Lipinski definition) is 0. The van der Waals surface area contributed by atoms with Gasteiger partial charge in [0.15, 0.2) is 10.9 Å². The normalized spacial score (nSPS) is 11.8. The Hall–Kier alpha value is -2.56. The summed E-state index contributed by atoms with van der Waals surface area (Å²) in [4.78, 5) is 17.8. The van der Waals surface area contributed by atoms with Crippen LogP contribution in [0, 0.1) is 0 Å². The first kappa shape index (κ1) is 25.1. The summed E-state index contributed by atoms with van der Waals surface area (Å²) in [6.45, 7) is 7.05. The van der Waals surface area contributed by atoms with Crippen molar-refractivity contribution in [1.29, 1.82) is 0 Å². The molecule has 0 saturated heterocycles. The van der Waals surface area contributed by atoms with Crippen LogP contribution in [-0.4, -0.2) is 61.1 Å². The Morgan fingerprint density at radius 1 is 1.06 bits per heavy atom. The van der Waals surface area contributed by atoms with Crippen molar-refractivity contribution >= 4 is 38.6 Å². The second-order valence-corrected chi connectivity index (χ2v) is 10.0. The van der Waals surface area contributed by atoms with Crippen molar-refractivity contribution < 1.29 is 22.7 Å². The molecule has 0 aliphatic carbocycles. The van der Waals surface area contributed by atoms with Crippen LogP contribution in [0.2, 0.25) is 0 Å². The van der Waals surface area contributed by atoms with E-state index in [2.05, 4.69) is 4.98 Å². The number of Topliss-reactive ketones (excluding diaryl/α,β-unsaturated/α-hetero) is 1. The van der Waals surface area contributed by atoms with Gasteiger partial charge in [0.1, 0.15) is 11.5 Å². The fraction of sp³-hybridized carbons (Fsp3) is 0.391. The average Bonchev–Trinajstić information content (AvgIpc) is 3.19. The summed E-state index contributed by atoms with van der Waals surface area (Å²) in [7, 11) is -0.517. The molecule has 10 heteroatoms. The van der Waals surface area contributed by atoms with Gasteiger partial charge in [-0.1, -0.05) is 25.6 Å². The number of carbonyl (C=O) groups is 1. The predicted octanol–water partition coefficient (Wildman–Crippen LogP) is 4.08. The quantitative estimate of drug-likeness (QED) is 0.295. The third-order valence-corrected chi connectivity index (χ3v) is 8.41. The Morgan fingerprint density at radius 2 is 1.79 bits per heavy atom. The largest absolute Gasteiger partial charge is 0.497 e. The highest BCUT2D eigenvalue weighted by Gasteiger charge is 2.23. The minimum absolute atomic E-state index is 0.116. The molecule has 0 aliphatic rings. The molecule has 0 aliphatic heterocycles. The number of carbonyl (C=O) groups excluding carboxylic acids is 1. The molecule has 178 valence electrons. The minimum Gasteiger partial charge on any atom is -0.497 e. The first-order valence-corrected chi connectivity index (χ1v) is 13.1. The number of benzene rings is 2. The number of rotatable bonds is 11. The van der Waals surface area contributed by atoms with Gasteiger partial charge in [0.25, 0.3) is 0 Å². The molecule has 2 aromatic carbocycles. The molecule has 33 heavy (non-hydrogen) atoms. The number of aryl methyl sites for hydroxylation is 1. The van der Waals surface area contributed by atoms with Crippen molar-refractivity contribution in [2.75, 3.05) is 33.1 Å². The Morgan fingerprint density at radius 3 is 2.39 bits per heavy atom. The van der Waals surface area contributed by atoms with Gasteiger partial charge in [0.2, 0.25) is 10.0 Å². The van der Waals surface area contributed by atoms with E-state index >= 15 is 0 Å². The van der Waals surface area contributed by atoms with Crippen molar-refractivity contribution in [2.24, 2.45) is 0 Å². The fourth-order valence-corrected chi connectivity index (χ4v) is 6.06. The van der Waals surface area contributed by atoms with Gasteiger partial charge in [-0.05, 0) is 43.3 Å². The van der Waals surface area contributed by atoms with E-state index in [4.69, 9.17) is 9.47 Å². The summed E-state index contributed by atoms with van der Waals surface area (Å²) in [5.41, 5.74) is 1.85. The molecule has 0 saturated carbocycles. The van der Waals surface area contributed by atoms with Crippen LogP contribution < -0.4 is 9.47 Å². The van der Waals surface area contributed by atoms with E-state index in [0.717, 1.165) is 5.52 Å². The van der Waals surface area contributed by atoms with Crippen LogP contribution in [0.25, 0.3) is 11.0 Å². The number of nitrogens with zero attached hydrogens (tertiary/aromatic N) is 3. The van der Waals surface area contributed by atoms with Gasteiger partial charge in [-0.25, -0.2) is 13.4 Å². The van der Waals surface area contributed by atoms with Crippen molar-refractivity contribution in [3.8, 4) is 11.5 Å². The van der Waals surface area contributed by atoms with Gasteiger partial charge in [-0.15, -0.1) is 0 Å². The monoisotopic (exact) mass is 491 g/mol. The highest BCUT2D eigenvalue weighted by molar-refractivity contribution is 7.99. The van der Waals surface area contributed by atoms with Gasteiger partial charge < -0.3 is 14.0 Å². The average molecular weight is 492 g/mol. The number of ether oxygens (including phenoxy) is 2. The van der Waals surface area contributed by atoms with Crippen LogP contribution in [0.4, 0.5) is 0 Å². The lowest BCUT2D eigenvalue weighted by molar-refractivity contribution is 0.101. The van der Waals surface area contributed by atoms with Crippen LogP contribution in [0.15, 0.2) is 46.5 Å². The molecule has 8 nitrogen and oxygen atoms in total. The molecular formula is C23H29N3O5S2. The lowest BCUT2D eigenvalue weighted by Gasteiger charge is -2.18. The van der Waals surface area contributed by atoms with Crippen molar-refractivity contribution in [1.82, 2.24) is 13.9 Å². The Labute approximate surface area is 198 Å². The van der Waals surface area contributed by atoms with E-state index < -0.39 is 10.0 Å². The van der Waals surface area contributed by atoms with Gasteiger partial charge >= 0.3 is 0 Å². The Balaban J connectivity index is 1.91. The Kier molecular flexibility index (Phi) is 8.04. The Bertz CT molecular complexity index is 1250. The van der Waals surface area contributed by atoms with E-state index in [0.29, 0.717) is 47.4 Å². The molecule has 0 fully saturated rings. The van der Waals surface area contributed by atoms with Crippen LogP contribution in [-0.2, 0) is 16.6 Å². The van der Waals surface area contributed by atoms with Crippen molar-refractivity contribution in [3.63, 3.8) is 0 Å². The number of ketones is 1. The number of imidazole rings is 1. The SMILES string of the molecule is CCN(CC)S(=O)(=O)c1ccc2c(c1)nc(SCC(=O)c1cc(OC)ccc1OC)n2CC. The summed E-state index contributed by atoms with van der Waals surface area (Å²) in [5.74, 6) is 1.09. The molecule has 3 rings (SSSR count). The van der Waals surface area contributed by atoms with Crippen molar-refractivity contribution in [2.45, 2.75) is 37.4 Å². The standard InChI is InChI=1S/C23H29N3O5S2/c1-6-25(7-2)33(28,29)17-10-11-20-19(14-17)24-23(26(20)8-3)32-15-21(27)18-13-16(30-4)9-12-22(18)31-5/h9-14H,6-8,15H2,1-5H3. The smallest absolute Gasteiger partial charge is 0.243 e. The van der Waals surface area contributed by atoms with Gasteiger partial charge in [-0.3, -0.25) is 4.79 Å². The maximum absolute atomic E-state index is 12.9. The molecule has 0 unspecified atom stereocenters. The molecular weight excluding hydrogens is 462 g/mol. The molecule has 0 radical (unpaired) electrons. The second kappa shape index (κ2) is 10.6. The number of fused-ring (bicyclic) bond motifs is 1. The minimum atomic E-state index is -3.58. The zero-order valence-corrected chi connectivity index (χ0v) is 21.1. The van der Waals surface area contributed by atoms with Crippen LogP contribution in [0.1, 0.15) is 31.1 Å². The maximum atomic E-state index is 12.9. The lowest BCUT2D eigenvalue weighted by atomic mass is 10.1. The van der Waals surface area contributed by atoms with Crippen LogP contribution in [0.3, 0.4) is 0 Å². The first-order valence-electron chi connectivity index (χ1n) is 10.7. The first-order chi connectivity index (χ1) is 15.8. The fourth-order valence-electron chi connectivity index (χ4n) is 3.62. The molecule has 3 aromatic rings. The maximum Gasteiger partial charge on any atom is 0.243 e. The summed E-state index contributed by atoms with van der Waals surface area (Å²) in [6.07, 6.45) is 0. The third kappa shape index (κ3) is 5.02.